The minimum absolute atomic E-state index is 0.0719. The van der Waals surface area contributed by atoms with Crippen LogP contribution in [0, 0.1) is 6.92 Å². The number of methoxy groups -OCH3 is 2. The lowest BCUT2D eigenvalue weighted by Crippen LogP contribution is -2.40. The standard InChI is InChI=1S/C25H28N2O5S/c1-19-12-14-21(15-13-19)33(29,30)27(17-20-8-5-4-6-9-20)18-25(28)26-16-22-23(31-2)10-7-11-24(22)32-3/h4-15H,16-18H2,1-3H3,(H,26,28). The summed E-state index contributed by atoms with van der Waals surface area (Å²) >= 11 is 0. The predicted molar refractivity (Wildman–Crippen MR) is 127 cm³/mol. The van der Waals surface area contributed by atoms with E-state index in [-0.39, 0.29) is 24.5 Å². The van der Waals surface area contributed by atoms with Gasteiger partial charge in [-0.05, 0) is 36.8 Å². The molecule has 0 fully saturated rings. The van der Waals surface area contributed by atoms with Gasteiger partial charge in [0.25, 0.3) is 0 Å². The first-order chi connectivity index (χ1) is 15.8. The van der Waals surface area contributed by atoms with Gasteiger partial charge in [0.15, 0.2) is 0 Å². The first-order valence-electron chi connectivity index (χ1n) is 10.4. The zero-order valence-corrected chi connectivity index (χ0v) is 19.8. The number of hydrogen-bond acceptors (Lipinski definition) is 5. The van der Waals surface area contributed by atoms with Crippen molar-refractivity contribution in [2.75, 3.05) is 20.8 Å². The molecular weight excluding hydrogens is 440 g/mol. The summed E-state index contributed by atoms with van der Waals surface area (Å²) in [6.07, 6.45) is 0. The van der Waals surface area contributed by atoms with Gasteiger partial charge in [0, 0.05) is 6.54 Å². The molecule has 3 aromatic carbocycles. The number of ether oxygens (including phenoxy) is 2. The quantitative estimate of drug-likeness (QED) is 0.492. The Bertz CT molecular complexity index is 1160. The molecule has 33 heavy (non-hydrogen) atoms. The number of amides is 1. The maximum atomic E-state index is 13.4. The van der Waals surface area contributed by atoms with Crippen LogP contribution in [0.5, 0.6) is 11.5 Å². The van der Waals surface area contributed by atoms with Gasteiger partial charge < -0.3 is 14.8 Å². The summed E-state index contributed by atoms with van der Waals surface area (Å²) in [5.41, 5.74) is 2.41. The third-order valence-electron chi connectivity index (χ3n) is 5.17. The van der Waals surface area contributed by atoms with Gasteiger partial charge >= 0.3 is 0 Å². The number of carbonyl (C=O) groups excluding carboxylic acids is 1. The SMILES string of the molecule is COc1cccc(OC)c1CNC(=O)CN(Cc1ccccc1)S(=O)(=O)c1ccc(C)cc1. The fourth-order valence-electron chi connectivity index (χ4n) is 3.38. The summed E-state index contributed by atoms with van der Waals surface area (Å²) < 4.78 is 38.6. The van der Waals surface area contributed by atoms with Gasteiger partial charge in [-0.1, -0.05) is 54.1 Å². The second-order valence-electron chi connectivity index (χ2n) is 7.49. The zero-order chi connectivity index (χ0) is 23.8. The molecule has 0 saturated carbocycles. The van der Waals surface area contributed by atoms with Gasteiger partial charge in [0.2, 0.25) is 15.9 Å². The van der Waals surface area contributed by atoms with E-state index in [4.69, 9.17) is 9.47 Å². The lowest BCUT2D eigenvalue weighted by molar-refractivity contribution is -0.121. The Morgan fingerprint density at radius 2 is 1.48 bits per heavy atom. The molecule has 0 unspecified atom stereocenters. The molecule has 1 N–H and O–H groups in total. The van der Waals surface area contributed by atoms with Crippen molar-refractivity contribution >= 4 is 15.9 Å². The Kier molecular flexibility index (Phi) is 8.08. The van der Waals surface area contributed by atoms with Crippen LogP contribution in [0.25, 0.3) is 0 Å². The molecule has 0 heterocycles. The highest BCUT2D eigenvalue weighted by Crippen LogP contribution is 2.28. The molecule has 0 radical (unpaired) electrons. The Hall–Kier alpha value is -3.36. The van der Waals surface area contributed by atoms with Gasteiger partial charge in [-0.2, -0.15) is 4.31 Å². The van der Waals surface area contributed by atoms with E-state index in [0.29, 0.717) is 17.1 Å². The highest BCUT2D eigenvalue weighted by molar-refractivity contribution is 7.89. The van der Waals surface area contributed by atoms with Crippen molar-refractivity contribution in [3.63, 3.8) is 0 Å². The molecule has 3 aromatic rings. The van der Waals surface area contributed by atoms with Crippen molar-refractivity contribution < 1.29 is 22.7 Å². The molecule has 0 bridgehead atoms. The molecule has 174 valence electrons. The average Bonchev–Trinajstić information content (AvgIpc) is 2.83. The summed E-state index contributed by atoms with van der Waals surface area (Å²) in [4.78, 5) is 13.0. The van der Waals surface area contributed by atoms with Gasteiger partial charge in [-0.15, -0.1) is 0 Å². The summed E-state index contributed by atoms with van der Waals surface area (Å²) in [5, 5.41) is 2.79. The molecule has 0 saturated heterocycles. The van der Waals surface area contributed by atoms with E-state index >= 15 is 0 Å². The normalized spacial score (nSPS) is 11.3. The van der Waals surface area contributed by atoms with Gasteiger partial charge in [0.05, 0.1) is 37.8 Å². The fraction of sp³-hybridized carbons (Fsp3) is 0.240. The van der Waals surface area contributed by atoms with Crippen molar-refractivity contribution in [3.05, 3.63) is 89.5 Å². The largest absolute Gasteiger partial charge is 0.496 e. The van der Waals surface area contributed by atoms with Crippen LogP contribution in [0.4, 0.5) is 0 Å². The molecule has 3 rings (SSSR count). The lowest BCUT2D eigenvalue weighted by atomic mass is 10.1. The van der Waals surface area contributed by atoms with Crippen molar-refractivity contribution in [2.45, 2.75) is 24.9 Å². The van der Waals surface area contributed by atoms with Crippen LogP contribution in [-0.4, -0.2) is 39.4 Å². The Morgan fingerprint density at radius 3 is 2.06 bits per heavy atom. The van der Waals surface area contributed by atoms with Crippen LogP contribution in [0.1, 0.15) is 16.7 Å². The number of aryl methyl sites for hydroxylation is 1. The zero-order valence-electron chi connectivity index (χ0n) is 18.9. The Labute approximate surface area is 195 Å². The van der Waals surface area contributed by atoms with Crippen LogP contribution in [0.15, 0.2) is 77.7 Å². The van der Waals surface area contributed by atoms with E-state index < -0.39 is 15.9 Å². The Morgan fingerprint density at radius 1 is 0.879 bits per heavy atom. The third-order valence-corrected chi connectivity index (χ3v) is 6.98. The van der Waals surface area contributed by atoms with Crippen LogP contribution in [0.3, 0.4) is 0 Å². The van der Waals surface area contributed by atoms with Crippen LogP contribution in [0.2, 0.25) is 0 Å². The van der Waals surface area contributed by atoms with E-state index in [1.807, 2.05) is 37.3 Å². The number of hydrogen-bond donors (Lipinski definition) is 1. The Balaban J connectivity index is 1.81. The number of benzene rings is 3. The highest BCUT2D eigenvalue weighted by atomic mass is 32.2. The van der Waals surface area contributed by atoms with Crippen molar-refractivity contribution in [3.8, 4) is 11.5 Å². The second kappa shape index (κ2) is 11.0. The topological polar surface area (TPSA) is 84.9 Å². The number of nitrogens with one attached hydrogen (secondary N) is 1. The number of sulfonamides is 1. The molecule has 0 atom stereocenters. The monoisotopic (exact) mass is 468 g/mol. The smallest absolute Gasteiger partial charge is 0.243 e. The van der Waals surface area contributed by atoms with Gasteiger partial charge in [-0.25, -0.2) is 8.42 Å². The molecular formula is C25H28N2O5S. The number of nitrogens with zero attached hydrogens (tertiary/aromatic N) is 1. The minimum Gasteiger partial charge on any atom is -0.496 e. The molecule has 1 amide bonds. The first-order valence-corrected chi connectivity index (χ1v) is 11.9. The van der Waals surface area contributed by atoms with Crippen LogP contribution in [-0.2, 0) is 27.9 Å². The number of rotatable bonds is 10. The molecule has 0 aliphatic carbocycles. The summed E-state index contributed by atoms with van der Waals surface area (Å²) in [5.74, 6) is 0.709. The average molecular weight is 469 g/mol. The second-order valence-corrected chi connectivity index (χ2v) is 9.43. The third kappa shape index (κ3) is 6.12. The molecule has 0 spiro atoms. The summed E-state index contributed by atoms with van der Waals surface area (Å²) in [6.45, 7) is 1.76. The molecule has 8 heteroatoms. The fourth-order valence-corrected chi connectivity index (χ4v) is 4.76. The molecule has 0 aliphatic rings. The summed E-state index contributed by atoms with van der Waals surface area (Å²) in [7, 11) is -0.821. The maximum absolute atomic E-state index is 13.4. The molecule has 0 aromatic heterocycles. The van der Waals surface area contributed by atoms with E-state index in [0.717, 1.165) is 11.1 Å². The van der Waals surface area contributed by atoms with E-state index in [1.54, 1.807) is 42.5 Å². The van der Waals surface area contributed by atoms with Crippen molar-refractivity contribution in [2.24, 2.45) is 0 Å². The van der Waals surface area contributed by atoms with Crippen molar-refractivity contribution in [1.29, 1.82) is 0 Å². The molecule has 7 nitrogen and oxygen atoms in total. The van der Waals surface area contributed by atoms with Gasteiger partial charge in [0.1, 0.15) is 11.5 Å². The predicted octanol–water partition coefficient (Wildman–Crippen LogP) is 3.52. The van der Waals surface area contributed by atoms with Crippen LogP contribution >= 0.6 is 0 Å². The minimum atomic E-state index is -3.90. The van der Waals surface area contributed by atoms with Crippen molar-refractivity contribution in [1.82, 2.24) is 9.62 Å². The lowest BCUT2D eigenvalue weighted by Gasteiger charge is -2.22. The number of carbonyl (C=O) groups is 1. The van der Waals surface area contributed by atoms with Gasteiger partial charge in [-0.3, -0.25) is 4.79 Å². The van der Waals surface area contributed by atoms with E-state index in [1.165, 1.54) is 18.5 Å². The highest BCUT2D eigenvalue weighted by Gasteiger charge is 2.27. The van der Waals surface area contributed by atoms with E-state index in [2.05, 4.69) is 5.32 Å². The maximum Gasteiger partial charge on any atom is 0.243 e. The summed E-state index contributed by atoms with van der Waals surface area (Å²) in [6, 6.07) is 21.1. The first kappa shape index (κ1) is 24.3. The van der Waals surface area contributed by atoms with E-state index in [9.17, 15) is 13.2 Å². The van der Waals surface area contributed by atoms with Crippen LogP contribution < -0.4 is 14.8 Å². The molecule has 0 aliphatic heterocycles.